The van der Waals surface area contributed by atoms with Gasteiger partial charge in [-0.05, 0) is 25.3 Å². The molecule has 2 rings (SSSR count). The van der Waals surface area contributed by atoms with Crippen molar-refractivity contribution < 1.29 is 4.42 Å². The van der Waals surface area contributed by atoms with Gasteiger partial charge in [0.05, 0.1) is 0 Å². The van der Waals surface area contributed by atoms with Crippen LogP contribution in [0.3, 0.4) is 0 Å². The molecule has 1 aromatic heterocycles. The lowest BCUT2D eigenvalue weighted by atomic mass is 10.1. The summed E-state index contributed by atoms with van der Waals surface area (Å²) in [6.45, 7) is 2.11. The van der Waals surface area contributed by atoms with E-state index >= 15 is 0 Å². The first kappa shape index (κ1) is 8.18. The molecule has 1 aromatic rings. The molecule has 1 fully saturated rings. The molecule has 0 saturated carbocycles. The molecule has 2 heterocycles. The summed E-state index contributed by atoms with van der Waals surface area (Å²) in [6, 6.07) is 5.60. The summed E-state index contributed by atoms with van der Waals surface area (Å²) < 4.78 is 5.34. The van der Waals surface area contributed by atoms with E-state index in [1.807, 2.05) is 12.1 Å². The third-order valence-corrected chi connectivity index (χ3v) is 2.37. The fraction of sp³-hybridized carbons (Fsp3) is 0.500. The van der Waals surface area contributed by atoms with Crippen LogP contribution in [0.4, 0.5) is 5.88 Å². The Kier molecular flexibility index (Phi) is 2.22. The quantitative estimate of drug-likeness (QED) is 0.658. The van der Waals surface area contributed by atoms with E-state index < -0.39 is 0 Å². The molecule has 13 heavy (non-hydrogen) atoms. The van der Waals surface area contributed by atoms with E-state index in [9.17, 15) is 0 Å². The first-order valence-electron chi connectivity index (χ1n) is 4.65. The van der Waals surface area contributed by atoms with Crippen LogP contribution in [0.15, 0.2) is 16.5 Å². The number of rotatable bonds is 1. The number of piperidine rings is 1. The second-order valence-corrected chi connectivity index (χ2v) is 3.30. The average molecular weight is 176 g/mol. The maximum Gasteiger partial charge on any atom is 0.206 e. The van der Waals surface area contributed by atoms with Gasteiger partial charge in [-0.1, -0.05) is 0 Å². The summed E-state index contributed by atoms with van der Waals surface area (Å²) in [4.78, 5) is 2.20. The van der Waals surface area contributed by atoms with Crippen molar-refractivity contribution in [3.8, 4) is 6.07 Å². The lowest BCUT2D eigenvalue weighted by Crippen LogP contribution is -2.28. The zero-order valence-corrected chi connectivity index (χ0v) is 7.49. The number of hydrogen-bond donors (Lipinski definition) is 0. The Bertz CT molecular complexity index is 318. The van der Waals surface area contributed by atoms with Gasteiger partial charge >= 0.3 is 0 Å². The monoisotopic (exact) mass is 176 g/mol. The van der Waals surface area contributed by atoms with Crippen LogP contribution in [0, 0.1) is 11.3 Å². The van der Waals surface area contributed by atoms with Crippen LogP contribution in [-0.4, -0.2) is 13.1 Å². The van der Waals surface area contributed by atoms with Gasteiger partial charge in [0.15, 0.2) is 5.88 Å². The molecular formula is C10H12N2O. The summed E-state index contributed by atoms with van der Waals surface area (Å²) in [6.07, 6.45) is 3.76. The number of furan rings is 1. The molecule has 3 nitrogen and oxygen atoms in total. The third kappa shape index (κ3) is 1.67. The Balaban J connectivity index is 2.11. The van der Waals surface area contributed by atoms with E-state index in [-0.39, 0.29) is 0 Å². The van der Waals surface area contributed by atoms with Gasteiger partial charge in [0.2, 0.25) is 5.76 Å². The summed E-state index contributed by atoms with van der Waals surface area (Å²) in [5, 5.41) is 8.59. The van der Waals surface area contributed by atoms with E-state index in [0.717, 1.165) is 19.0 Å². The highest BCUT2D eigenvalue weighted by Gasteiger charge is 2.13. The van der Waals surface area contributed by atoms with Gasteiger partial charge in [-0.15, -0.1) is 0 Å². The minimum absolute atomic E-state index is 0.403. The summed E-state index contributed by atoms with van der Waals surface area (Å²) in [5.41, 5.74) is 0. The highest BCUT2D eigenvalue weighted by Crippen LogP contribution is 2.21. The van der Waals surface area contributed by atoms with Crippen molar-refractivity contribution in [2.45, 2.75) is 19.3 Å². The predicted octanol–water partition coefficient (Wildman–Crippen LogP) is 2.14. The molecular weight excluding hydrogens is 164 g/mol. The minimum Gasteiger partial charge on any atom is -0.430 e. The first-order chi connectivity index (χ1) is 6.40. The van der Waals surface area contributed by atoms with Gasteiger partial charge in [-0.25, -0.2) is 0 Å². The number of nitrogens with zero attached hydrogens (tertiary/aromatic N) is 2. The average Bonchev–Trinajstić information content (AvgIpc) is 2.67. The zero-order valence-electron chi connectivity index (χ0n) is 7.49. The number of hydrogen-bond acceptors (Lipinski definition) is 3. The van der Waals surface area contributed by atoms with Crippen molar-refractivity contribution in [2.24, 2.45) is 0 Å². The predicted molar refractivity (Wildman–Crippen MR) is 49.5 cm³/mol. The molecule has 0 spiro atoms. The molecule has 0 radical (unpaired) electrons. The van der Waals surface area contributed by atoms with E-state index in [4.69, 9.17) is 9.68 Å². The normalized spacial score (nSPS) is 17.0. The number of anilines is 1. The number of nitriles is 1. The van der Waals surface area contributed by atoms with Crippen molar-refractivity contribution in [3.05, 3.63) is 17.9 Å². The molecule has 1 aliphatic heterocycles. The lowest BCUT2D eigenvalue weighted by molar-refractivity contribution is 0.494. The molecule has 1 aliphatic rings. The molecule has 68 valence electrons. The van der Waals surface area contributed by atoms with Gasteiger partial charge in [-0.3, -0.25) is 0 Å². The highest BCUT2D eigenvalue weighted by molar-refractivity contribution is 5.39. The standard InChI is InChI=1S/C10H12N2O/c11-8-9-4-5-10(13-9)12-6-2-1-3-7-12/h4-5H,1-3,6-7H2. The SMILES string of the molecule is N#Cc1ccc(N2CCCCC2)o1. The molecule has 0 bridgehead atoms. The Morgan fingerprint density at radius 1 is 1.23 bits per heavy atom. The largest absolute Gasteiger partial charge is 0.430 e. The van der Waals surface area contributed by atoms with Crippen molar-refractivity contribution in [1.82, 2.24) is 0 Å². The van der Waals surface area contributed by atoms with E-state index in [0.29, 0.717) is 5.76 Å². The Morgan fingerprint density at radius 3 is 2.62 bits per heavy atom. The van der Waals surface area contributed by atoms with Crippen LogP contribution in [0.1, 0.15) is 25.0 Å². The molecule has 0 aromatic carbocycles. The maximum atomic E-state index is 8.59. The topological polar surface area (TPSA) is 40.2 Å². The second kappa shape index (κ2) is 3.53. The highest BCUT2D eigenvalue weighted by atomic mass is 16.4. The fourth-order valence-electron chi connectivity index (χ4n) is 1.67. The van der Waals surface area contributed by atoms with E-state index in [1.54, 1.807) is 6.07 Å². The first-order valence-corrected chi connectivity index (χ1v) is 4.65. The lowest BCUT2D eigenvalue weighted by Gasteiger charge is -2.25. The Hall–Kier alpha value is -1.43. The summed E-state index contributed by atoms with van der Waals surface area (Å²) in [5.74, 6) is 1.25. The van der Waals surface area contributed by atoms with Crippen LogP contribution in [0.25, 0.3) is 0 Å². The van der Waals surface area contributed by atoms with Gasteiger partial charge in [0, 0.05) is 19.2 Å². The summed E-state index contributed by atoms with van der Waals surface area (Å²) in [7, 11) is 0. The Morgan fingerprint density at radius 2 is 2.00 bits per heavy atom. The van der Waals surface area contributed by atoms with Crippen molar-refractivity contribution in [3.63, 3.8) is 0 Å². The molecule has 0 amide bonds. The van der Waals surface area contributed by atoms with Crippen LogP contribution in [-0.2, 0) is 0 Å². The van der Waals surface area contributed by atoms with E-state index in [2.05, 4.69) is 4.90 Å². The smallest absolute Gasteiger partial charge is 0.206 e. The molecule has 3 heteroatoms. The zero-order chi connectivity index (χ0) is 9.10. The minimum atomic E-state index is 0.403. The van der Waals surface area contributed by atoms with Crippen LogP contribution < -0.4 is 4.90 Å². The molecule has 0 unspecified atom stereocenters. The van der Waals surface area contributed by atoms with Crippen molar-refractivity contribution >= 4 is 5.88 Å². The van der Waals surface area contributed by atoms with Gasteiger partial charge in [0.25, 0.3) is 0 Å². The molecule has 0 aliphatic carbocycles. The van der Waals surface area contributed by atoms with Gasteiger partial charge < -0.3 is 9.32 Å². The molecule has 1 saturated heterocycles. The maximum absolute atomic E-state index is 8.59. The Labute approximate surface area is 77.6 Å². The van der Waals surface area contributed by atoms with Crippen LogP contribution >= 0.6 is 0 Å². The van der Waals surface area contributed by atoms with Gasteiger partial charge in [0.1, 0.15) is 6.07 Å². The van der Waals surface area contributed by atoms with Crippen molar-refractivity contribution in [2.75, 3.05) is 18.0 Å². The third-order valence-electron chi connectivity index (χ3n) is 2.37. The summed E-state index contributed by atoms with van der Waals surface area (Å²) >= 11 is 0. The van der Waals surface area contributed by atoms with Crippen LogP contribution in [0.5, 0.6) is 0 Å². The fourth-order valence-corrected chi connectivity index (χ4v) is 1.67. The molecule has 0 N–H and O–H groups in total. The van der Waals surface area contributed by atoms with Crippen molar-refractivity contribution in [1.29, 1.82) is 5.26 Å². The molecule has 0 atom stereocenters. The van der Waals surface area contributed by atoms with E-state index in [1.165, 1.54) is 19.3 Å². The van der Waals surface area contributed by atoms with Gasteiger partial charge in [-0.2, -0.15) is 5.26 Å². The second-order valence-electron chi connectivity index (χ2n) is 3.30. The van der Waals surface area contributed by atoms with Crippen LogP contribution in [0.2, 0.25) is 0 Å².